The average molecular weight is 176 g/mol. The van der Waals surface area contributed by atoms with E-state index < -0.39 is 0 Å². The molecule has 0 atom stereocenters. The lowest BCUT2D eigenvalue weighted by Gasteiger charge is -2.05. The molecule has 13 heavy (non-hydrogen) atoms. The van der Waals surface area contributed by atoms with Gasteiger partial charge in [-0.1, -0.05) is 0 Å². The molecule has 0 aliphatic heterocycles. The number of hydrogen-bond acceptors (Lipinski definition) is 3. The van der Waals surface area contributed by atoms with E-state index in [9.17, 15) is 0 Å². The summed E-state index contributed by atoms with van der Waals surface area (Å²) >= 11 is 0. The molecule has 4 nitrogen and oxygen atoms in total. The number of fused-ring (bicyclic) bond motifs is 1. The number of pyridine rings is 1. The van der Waals surface area contributed by atoms with Crippen LogP contribution in [0.2, 0.25) is 0 Å². The van der Waals surface area contributed by atoms with Crippen LogP contribution in [-0.4, -0.2) is 21.2 Å². The lowest BCUT2D eigenvalue weighted by Crippen LogP contribution is -2.10. The fourth-order valence-corrected chi connectivity index (χ4v) is 1.23. The van der Waals surface area contributed by atoms with Crippen LogP contribution >= 0.6 is 0 Å². The molecular weight excluding hydrogens is 164 g/mol. The van der Waals surface area contributed by atoms with Gasteiger partial charge in [-0.3, -0.25) is 10.1 Å². The predicted octanol–water partition coefficient (Wildman–Crippen LogP) is 1.78. The van der Waals surface area contributed by atoms with Crippen LogP contribution in [-0.2, 0) is 0 Å². The molecule has 0 aliphatic carbocycles. The number of nitrogens with one attached hydrogen (secondary N) is 2. The largest absolute Gasteiger partial charge is 0.365 e. The summed E-state index contributed by atoms with van der Waals surface area (Å²) in [4.78, 5) is 4.24. The van der Waals surface area contributed by atoms with Crippen molar-refractivity contribution in [2.24, 2.45) is 0 Å². The molecule has 2 N–H and O–H groups in total. The third kappa shape index (κ3) is 1.47. The average Bonchev–Trinajstić information content (AvgIpc) is 2.48. The van der Waals surface area contributed by atoms with Crippen LogP contribution in [0.3, 0.4) is 0 Å². The first-order valence-corrected chi connectivity index (χ1v) is 4.33. The van der Waals surface area contributed by atoms with Crippen LogP contribution in [0.25, 0.3) is 11.0 Å². The standard InChI is InChI=1S/C9H12N4/c1-6(2)11-9-8-7(12-13-9)4-3-5-10-8/h3-6H,1-2H3,(H2,11,12,13). The zero-order chi connectivity index (χ0) is 9.26. The highest BCUT2D eigenvalue weighted by molar-refractivity contribution is 5.85. The zero-order valence-electron chi connectivity index (χ0n) is 7.70. The predicted molar refractivity (Wildman–Crippen MR) is 52.6 cm³/mol. The maximum absolute atomic E-state index is 4.24. The Bertz CT molecular complexity index is 405. The van der Waals surface area contributed by atoms with E-state index in [2.05, 4.69) is 34.3 Å². The third-order valence-corrected chi connectivity index (χ3v) is 1.75. The fourth-order valence-electron chi connectivity index (χ4n) is 1.23. The van der Waals surface area contributed by atoms with Crippen molar-refractivity contribution in [3.63, 3.8) is 0 Å². The molecule has 4 heteroatoms. The van der Waals surface area contributed by atoms with E-state index in [0.29, 0.717) is 6.04 Å². The smallest absolute Gasteiger partial charge is 0.174 e. The van der Waals surface area contributed by atoms with Crippen molar-refractivity contribution in [2.45, 2.75) is 19.9 Å². The van der Waals surface area contributed by atoms with E-state index in [0.717, 1.165) is 16.9 Å². The van der Waals surface area contributed by atoms with Crippen LogP contribution in [0.15, 0.2) is 18.3 Å². The quantitative estimate of drug-likeness (QED) is 0.733. The Morgan fingerprint density at radius 1 is 1.46 bits per heavy atom. The molecule has 0 unspecified atom stereocenters. The molecule has 68 valence electrons. The van der Waals surface area contributed by atoms with Crippen LogP contribution in [0.4, 0.5) is 5.82 Å². The number of aromatic nitrogens is 3. The summed E-state index contributed by atoms with van der Waals surface area (Å²) in [5.41, 5.74) is 1.86. The zero-order valence-corrected chi connectivity index (χ0v) is 7.70. The lowest BCUT2D eigenvalue weighted by atomic mass is 10.3. The molecule has 0 aromatic carbocycles. The highest BCUT2D eigenvalue weighted by Crippen LogP contribution is 2.17. The SMILES string of the molecule is CC(C)Nc1n[nH]c2cccnc12. The van der Waals surface area contributed by atoms with Gasteiger partial charge in [0.05, 0.1) is 5.52 Å². The highest BCUT2D eigenvalue weighted by atomic mass is 15.2. The summed E-state index contributed by atoms with van der Waals surface area (Å²) in [7, 11) is 0. The van der Waals surface area contributed by atoms with Crippen LogP contribution in [0.5, 0.6) is 0 Å². The van der Waals surface area contributed by atoms with E-state index in [-0.39, 0.29) is 0 Å². The Morgan fingerprint density at radius 3 is 3.08 bits per heavy atom. The summed E-state index contributed by atoms with van der Waals surface area (Å²) in [6.07, 6.45) is 1.77. The molecule has 0 aliphatic rings. The monoisotopic (exact) mass is 176 g/mol. The second kappa shape index (κ2) is 3.05. The first-order valence-electron chi connectivity index (χ1n) is 4.33. The van der Waals surface area contributed by atoms with Crippen molar-refractivity contribution < 1.29 is 0 Å². The molecule has 2 rings (SSSR count). The Labute approximate surface area is 76.4 Å². The van der Waals surface area contributed by atoms with Crippen molar-refractivity contribution in [3.8, 4) is 0 Å². The normalized spacial score (nSPS) is 11.0. The van der Waals surface area contributed by atoms with Crippen molar-refractivity contribution in [1.29, 1.82) is 0 Å². The van der Waals surface area contributed by atoms with E-state index in [1.54, 1.807) is 6.20 Å². The molecule has 0 fully saturated rings. The van der Waals surface area contributed by atoms with Gasteiger partial charge in [-0.25, -0.2) is 0 Å². The van der Waals surface area contributed by atoms with Gasteiger partial charge in [-0.05, 0) is 26.0 Å². The van der Waals surface area contributed by atoms with E-state index >= 15 is 0 Å². The molecule has 0 spiro atoms. The Morgan fingerprint density at radius 2 is 2.31 bits per heavy atom. The minimum absolute atomic E-state index is 0.369. The summed E-state index contributed by atoms with van der Waals surface area (Å²) < 4.78 is 0. The van der Waals surface area contributed by atoms with Gasteiger partial charge in [0.1, 0.15) is 5.52 Å². The van der Waals surface area contributed by atoms with Gasteiger partial charge in [-0.2, -0.15) is 5.10 Å². The maximum Gasteiger partial charge on any atom is 0.174 e. The van der Waals surface area contributed by atoms with E-state index in [4.69, 9.17) is 0 Å². The number of anilines is 1. The summed E-state index contributed by atoms with van der Waals surface area (Å²) in [6, 6.07) is 4.22. The Balaban J connectivity index is 2.46. The summed E-state index contributed by atoms with van der Waals surface area (Å²) in [6.45, 7) is 4.15. The maximum atomic E-state index is 4.24. The second-order valence-electron chi connectivity index (χ2n) is 3.27. The molecule has 0 radical (unpaired) electrons. The minimum atomic E-state index is 0.369. The van der Waals surface area contributed by atoms with Gasteiger partial charge in [0.25, 0.3) is 0 Å². The van der Waals surface area contributed by atoms with Gasteiger partial charge in [0, 0.05) is 12.2 Å². The van der Waals surface area contributed by atoms with Crippen LogP contribution in [0, 0.1) is 0 Å². The number of rotatable bonds is 2. The van der Waals surface area contributed by atoms with Crippen molar-refractivity contribution in [2.75, 3.05) is 5.32 Å². The molecule has 2 aromatic rings. The van der Waals surface area contributed by atoms with Crippen LogP contribution in [0.1, 0.15) is 13.8 Å². The van der Waals surface area contributed by atoms with Gasteiger partial charge in [-0.15, -0.1) is 0 Å². The minimum Gasteiger partial charge on any atom is -0.365 e. The van der Waals surface area contributed by atoms with E-state index in [1.165, 1.54) is 0 Å². The van der Waals surface area contributed by atoms with Gasteiger partial charge >= 0.3 is 0 Å². The van der Waals surface area contributed by atoms with Gasteiger partial charge in [0.15, 0.2) is 5.82 Å². The molecule has 0 saturated heterocycles. The van der Waals surface area contributed by atoms with Crippen molar-refractivity contribution in [3.05, 3.63) is 18.3 Å². The number of hydrogen-bond donors (Lipinski definition) is 2. The number of aromatic amines is 1. The number of H-pyrrole nitrogens is 1. The molecule has 0 amide bonds. The van der Waals surface area contributed by atoms with Crippen molar-refractivity contribution >= 4 is 16.9 Å². The summed E-state index contributed by atoms with van der Waals surface area (Å²) in [5.74, 6) is 0.825. The second-order valence-corrected chi connectivity index (χ2v) is 3.27. The van der Waals surface area contributed by atoms with Gasteiger partial charge < -0.3 is 5.32 Å². The fraction of sp³-hybridized carbons (Fsp3) is 0.333. The van der Waals surface area contributed by atoms with Gasteiger partial charge in [0.2, 0.25) is 0 Å². The first kappa shape index (κ1) is 8.04. The topological polar surface area (TPSA) is 53.6 Å². The first-order chi connectivity index (χ1) is 6.27. The van der Waals surface area contributed by atoms with Crippen LogP contribution < -0.4 is 5.32 Å². The number of nitrogens with zero attached hydrogens (tertiary/aromatic N) is 2. The molecule has 2 heterocycles. The molecule has 0 bridgehead atoms. The third-order valence-electron chi connectivity index (χ3n) is 1.75. The summed E-state index contributed by atoms with van der Waals surface area (Å²) in [5, 5.41) is 10.3. The molecule has 0 saturated carbocycles. The van der Waals surface area contributed by atoms with Crippen molar-refractivity contribution in [1.82, 2.24) is 15.2 Å². The lowest BCUT2D eigenvalue weighted by molar-refractivity contribution is 0.886. The molecular formula is C9H12N4. The van der Waals surface area contributed by atoms with E-state index in [1.807, 2.05) is 12.1 Å². The Hall–Kier alpha value is -1.58. The Kier molecular flexibility index (Phi) is 1.88. The molecule has 2 aromatic heterocycles. The highest BCUT2D eigenvalue weighted by Gasteiger charge is 2.05.